The zero-order chi connectivity index (χ0) is 11.2. The monoisotopic (exact) mass is 211 g/mol. The molecule has 2 unspecified atom stereocenters. The van der Waals surface area contributed by atoms with Crippen molar-refractivity contribution >= 4 is 11.8 Å². The number of aliphatic hydroxyl groups excluding tert-OH is 1. The number of hydrogen-bond donors (Lipinski definition) is 1. The molecule has 1 heterocycles. The lowest BCUT2D eigenvalue weighted by molar-refractivity contribution is -0.142. The lowest BCUT2D eigenvalue weighted by Crippen LogP contribution is -2.37. The summed E-state index contributed by atoms with van der Waals surface area (Å²) in [5, 5.41) is 9.22. The number of carbonyl (C=O) groups excluding carboxylic acids is 2. The number of nitrogens with zero attached hydrogens (tertiary/aromatic N) is 1. The Morgan fingerprint density at radius 3 is 2.20 bits per heavy atom. The Hall–Kier alpha value is -0.900. The molecule has 3 atom stereocenters. The van der Waals surface area contributed by atoms with Gasteiger partial charge in [-0.25, -0.2) is 0 Å². The van der Waals surface area contributed by atoms with Crippen LogP contribution in [0, 0.1) is 17.8 Å². The van der Waals surface area contributed by atoms with Gasteiger partial charge in [-0.05, 0) is 25.7 Å². The van der Waals surface area contributed by atoms with Gasteiger partial charge in [-0.1, -0.05) is 6.92 Å². The number of β-amino-alcohol motifs (C(OH)–C–C–N with tert-alkyl or cyclic N) is 1. The highest BCUT2D eigenvalue weighted by molar-refractivity contribution is 6.05. The van der Waals surface area contributed by atoms with E-state index in [9.17, 15) is 14.7 Å². The fourth-order valence-corrected chi connectivity index (χ4v) is 2.79. The van der Waals surface area contributed by atoms with Crippen molar-refractivity contribution in [2.45, 2.75) is 32.8 Å². The van der Waals surface area contributed by atoms with Crippen LogP contribution in [0.2, 0.25) is 0 Å². The van der Waals surface area contributed by atoms with Crippen LogP contribution in [-0.2, 0) is 9.59 Å². The summed E-state index contributed by atoms with van der Waals surface area (Å²) in [6.45, 7) is 3.83. The zero-order valence-corrected chi connectivity index (χ0v) is 9.14. The summed E-state index contributed by atoms with van der Waals surface area (Å²) in [5.41, 5.74) is 0. The number of rotatable bonds is 2. The predicted octanol–water partition coefficient (Wildman–Crippen LogP) is 0.398. The van der Waals surface area contributed by atoms with E-state index in [1.54, 1.807) is 6.92 Å². The van der Waals surface area contributed by atoms with E-state index in [0.717, 1.165) is 12.8 Å². The molecule has 0 aromatic heterocycles. The van der Waals surface area contributed by atoms with Crippen LogP contribution in [0.1, 0.15) is 26.7 Å². The van der Waals surface area contributed by atoms with Gasteiger partial charge in [-0.3, -0.25) is 14.5 Å². The minimum atomic E-state index is -0.630. The van der Waals surface area contributed by atoms with Crippen LogP contribution in [0.3, 0.4) is 0 Å². The predicted molar refractivity (Wildman–Crippen MR) is 53.8 cm³/mol. The van der Waals surface area contributed by atoms with E-state index >= 15 is 0 Å². The maximum absolute atomic E-state index is 11.9. The minimum absolute atomic E-state index is 0.0738. The van der Waals surface area contributed by atoms with Crippen molar-refractivity contribution in [2.24, 2.45) is 17.8 Å². The summed E-state index contributed by atoms with van der Waals surface area (Å²) < 4.78 is 0. The smallest absolute Gasteiger partial charge is 0.233 e. The largest absolute Gasteiger partial charge is 0.392 e. The fraction of sp³-hybridized carbons (Fsp3) is 0.818. The Bertz CT molecular complexity index is 276. The van der Waals surface area contributed by atoms with Crippen LogP contribution < -0.4 is 0 Å². The Morgan fingerprint density at radius 1 is 1.33 bits per heavy atom. The molecule has 0 aromatic rings. The third-order valence-corrected chi connectivity index (χ3v) is 3.41. The summed E-state index contributed by atoms with van der Waals surface area (Å²) in [7, 11) is 0. The summed E-state index contributed by atoms with van der Waals surface area (Å²) in [6, 6.07) is 0. The van der Waals surface area contributed by atoms with Gasteiger partial charge >= 0.3 is 0 Å². The molecule has 0 spiro atoms. The molecule has 2 aliphatic rings. The van der Waals surface area contributed by atoms with Gasteiger partial charge < -0.3 is 5.11 Å². The Morgan fingerprint density at radius 2 is 1.80 bits per heavy atom. The van der Waals surface area contributed by atoms with Crippen LogP contribution in [0.15, 0.2) is 0 Å². The third-order valence-electron chi connectivity index (χ3n) is 3.41. The van der Waals surface area contributed by atoms with Gasteiger partial charge in [-0.2, -0.15) is 0 Å². The molecular weight excluding hydrogens is 194 g/mol. The molecule has 1 saturated heterocycles. The van der Waals surface area contributed by atoms with Gasteiger partial charge in [0.05, 0.1) is 24.5 Å². The quantitative estimate of drug-likeness (QED) is 0.672. The van der Waals surface area contributed by atoms with Crippen molar-refractivity contribution in [3.8, 4) is 0 Å². The van der Waals surface area contributed by atoms with Crippen LogP contribution in [0.5, 0.6) is 0 Å². The zero-order valence-electron chi connectivity index (χ0n) is 9.14. The van der Waals surface area contributed by atoms with Gasteiger partial charge in [0.2, 0.25) is 11.8 Å². The van der Waals surface area contributed by atoms with Crippen molar-refractivity contribution in [1.82, 2.24) is 4.90 Å². The average molecular weight is 211 g/mol. The second-order valence-electron chi connectivity index (χ2n) is 4.93. The van der Waals surface area contributed by atoms with Gasteiger partial charge in [0.25, 0.3) is 0 Å². The molecule has 0 radical (unpaired) electrons. The van der Waals surface area contributed by atoms with Crippen molar-refractivity contribution in [3.05, 3.63) is 0 Å². The first-order valence-corrected chi connectivity index (χ1v) is 5.54. The SMILES string of the molecule is CC1CC2C(=O)N(C[C@H](C)O)C(=O)C2C1. The van der Waals surface area contributed by atoms with Crippen molar-refractivity contribution in [2.75, 3.05) is 6.54 Å². The maximum Gasteiger partial charge on any atom is 0.233 e. The topological polar surface area (TPSA) is 57.6 Å². The summed E-state index contributed by atoms with van der Waals surface area (Å²) in [6.07, 6.45) is 1.02. The molecule has 2 fully saturated rings. The molecule has 4 nitrogen and oxygen atoms in total. The van der Waals surface area contributed by atoms with E-state index in [0.29, 0.717) is 5.92 Å². The molecule has 1 N–H and O–H groups in total. The Kier molecular flexibility index (Phi) is 2.54. The number of aliphatic hydroxyl groups is 1. The molecule has 84 valence electrons. The lowest BCUT2D eigenvalue weighted by atomic mass is 10.00. The highest BCUT2D eigenvalue weighted by Crippen LogP contribution is 2.42. The first kappa shape index (κ1) is 10.6. The number of likely N-dealkylation sites (tertiary alicyclic amines) is 1. The molecule has 0 bridgehead atoms. The second-order valence-corrected chi connectivity index (χ2v) is 4.93. The van der Waals surface area contributed by atoms with Gasteiger partial charge in [-0.15, -0.1) is 0 Å². The molecule has 4 heteroatoms. The first-order valence-electron chi connectivity index (χ1n) is 5.54. The number of carbonyl (C=O) groups is 2. The summed E-state index contributed by atoms with van der Waals surface area (Å²) in [4.78, 5) is 25.0. The van der Waals surface area contributed by atoms with Gasteiger partial charge in [0.15, 0.2) is 0 Å². The van der Waals surface area contributed by atoms with Crippen LogP contribution in [0.4, 0.5) is 0 Å². The maximum atomic E-state index is 11.9. The van der Waals surface area contributed by atoms with Gasteiger partial charge in [0.1, 0.15) is 0 Å². The van der Waals surface area contributed by atoms with E-state index in [4.69, 9.17) is 0 Å². The molecule has 1 saturated carbocycles. The highest BCUT2D eigenvalue weighted by Gasteiger charge is 2.51. The van der Waals surface area contributed by atoms with Crippen molar-refractivity contribution < 1.29 is 14.7 Å². The number of hydrogen-bond acceptors (Lipinski definition) is 3. The highest BCUT2D eigenvalue weighted by atomic mass is 16.3. The number of amides is 2. The molecule has 1 aliphatic heterocycles. The third kappa shape index (κ3) is 1.67. The Balaban J connectivity index is 2.13. The fourth-order valence-electron chi connectivity index (χ4n) is 2.79. The summed E-state index contributed by atoms with van der Waals surface area (Å²) in [5.74, 6) is 0.115. The summed E-state index contributed by atoms with van der Waals surface area (Å²) >= 11 is 0. The molecule has 1 aliphatic carbocycles. The van der Waals surface area contributed by atoms with Crippen molar-refractivity contribution in [1.29, 1.82) is 0 Å². The van der Waals surface area contributed by atoms with Crippen LogP contribution >= 0.6 is 0 Å². The van der Waals surface area contributed by atoms with E-state index in [1.165, 1.54) is 4.90 Å². The first-order chi connectivity index (χ1) is 7.00. The van der Waals surface area contributed by atoms with Crippen LogP contribution in [-0.4, -0.2) is 34.5 Å². The molecule has 0 aromatic carbocycles. The van der Waals surface area contributed by atoms with E-state index < -0.39 is 6.10 Å². The van der Waals surface area contributed by atoms with Gasteiger partial charge in [0, 0.05) is 0 Å². The number of fused-ring (bicyclic) bond motifs is 1. The van der Waals surface area contributed by atoms with E-state index in [-0.39, 0.29) is 30.2 Å². The Labute approximate surface area is 89.3 Å². The second kappa shape index (κ2) is 3.59. The molecular formula is C11H17NO3. The van der Waals surface area contributed by atoms with E-state index in [2.05, 4.69) is 6.92 Å². The molecule has 2 amide bonds. The standard InChI is InChI=1S/C11H17NO3/c1-6-3-8-9(4-6)11(15)12(10(8)14)5-7(2)13/h6-9,13H,3-5H2,1-2H3/t6?,7-,8?,9?/m0/s1. The lowest BCUT2D eigenvalue weighted by Gasteiger charge is -2.18. The number of imide groups is 1. The normalized spacial score (nSPS) is 37.3. The molecule has 2 rings (SSSR count). The average Bonchev–Trinajstić information content (AvgIpc) is 2.61. The van der Waals surface area contributed by atoms with E-state index in [1.807, 2.05) is 0 Å². The minimum Gasteiger partial charge on any atom is -0.392 e. The molecule has 15 heavy (non-hydrogen) atoms. The van der Waals surface area contributed by atoms with Crippen molar-refractivity contribution in [3.63, 3.8) is 0 Å². The van der Waals surface area contributed by atoms with Crippen LogP contribution in [0.25, 0.3) is 0 Å².